The number of hydrogen-bond donors (Lipinski definition) is 0. The summed E-state index contributed by atoms with van der Waals surface area (Å²) in [6, 6.07) is 14.6. The van der Waals surface area contributed by atoms with Gasteiger partial charge in [-0.3, -0.25) is 0 Å². The standard InChI is InChI=1S/C20H17F3N2O/c1-13-6-8-15(9-7-13)12-26-19-18(10-14(2)24-25-19)16-4-3-5-17(11-16)20(21,22)23/h3-11H,12H2,1-2H3. The SMILES string of the molecule is Cc1ccc(COc2nnc(C)cc2-c2cccc(C(F)(F)F)c2)cc1. The Morgan fingerprint density at radius 3 is 2.35 bits per heavy atom. The van der Waals surface area contributed by atoms with Crippen molar-refractivity contribution in [2.45, 2.75) is 26.6 Å². The first kappa shape index (κ1) is 17.9. The summed E-state index contributed by atoms with van der Waals surface area (Å²) in [5.41, 5.74) is 2.82. The van der Waals surface area contributed by atoms with E-state index in [2.05, 4.69) is 10.2 Å². The van der Waals surface area contributed by atoms with Crippen molar-refractivity contribution in [3.05, 3.63) is 77.0 Å². The highest BCUT2D eigenvalue weighted by atomic mass is 19.4. The third kappa shape index (κ3) is 4.20. The lowest BCUT2D eigenvalue weighted by Gasteiger charge is -2.13. The smallest absolute Gasteiger partial charge is 0.416 e. The van der Waals surface area contributed by atoms with Crippen LogP contribution in [0.1, 0.15) is 22.4 Å². The van der Waals surface area contributed by atoms with Crippen LogP contribution < -0.4 is 4.74 Å². The zero-order chi connectivity index (χ0) is 18.7. The number of rotatable bonds is 4. The second kappa shape index (κ2) is 7.15. The first-order valence-corrected chi connectivity index (χ1v) is 8.03. The zero-order valence-corrected chi connectivity index (χ0v) is 14.3. The average Bonchev–Trinajstić information content (AvgIpc) is 2.61. The Balaban J connectivity index is 1.92. The van der Waals surface area contributed by atoms with Crippen LogP contribution in [0.3, 0.4) is 0 Å². The van der Waals surface area contributed by atoms with Crippen LogP contribution in [0.5, 0.6) is 5.88 Å². The van der Waals surface area contributed by atoms with Crippen molar-refractivity contribution >= 4 is 0 Å². The number of nitrogens with zero attached hydrogens (tertiary/aromatic N) is 2. The highest BCUT2D eigenvalue weighted by Crippen LogP contribution is 2.34. The molecule has 0 aliphatic carbocycles. The lowest BCUT2D eigenvalue weighted by Crippen LogP contribution is -2.05. The second-order valence-electron chi connectivity index (χ2n) is 6.06. The number of aromatic nitrogens is 2. The molecular formula is C20H17F3N2O. The molecule has 0 unspecified atom stereocenters. The third-order valence-electron chi connectivity index (χ3n) is 3.88. The second-order valence-corrected chi connectivity index (χ2v) is 6.06. The van der Waals surface area contributed by atoms with Crippen LogP contribution in [-0.2, 0) is 12.8 Å². The molecule has 0 N–H and O–H groups in total. The molecule has 3 aromatic rings. The molecule has 6 heteroatoms. The molecule has 26 heavy (non-hydrogen) atoms. The largest absolute Gasteiger partial charge is 0.471 e. The quantitative estimate of drug-likeness (QED) is 0.630. The van der Waals surface area contributed by atoms with E-state index in [0.29, 0.717) is 16.8 Å². The predicted octanol–water partition coefficient (Wildman–Crippen LogP) is 5.36. The Kier molecular flexibility index (Phi) is 4.93. The van der Waals surface area contributed by atoms with Crippen LogP contribution >= 0.6 is 0 Å². The van der Waals surface area contributed by atoms with E-state index >= 15 is 0 Å². The van der Waals surface area contributed by atoms with E-state index in [0.717, 1.165) is 23.3 Å². The molecule has 134 valence electrons. The molecule has 1 aromatic heterocycles. The van der Waals surface area contributed by atoms with Crippen molar-refractivity contribution in [3.8, 4) is 17.0 Å². The number of alkyl halides is 3. The molecule has 0 saturated carbocycles. The van der Waals surface area contributed by atoms with Gasteiger partial charge in [0.1, 0.15) is 6.61 Å². The molecule has 0 aliphatic rings. The molecule has 3 rings (SSSR count). The summed E-state index contributed by atoms with van der Waals surface area (Å²) < 4.78 is 44.8. The fourth-order valence-electron chi connectivity index (χ4n) is 2.49. The highest BCUT2D eigenvalue weighted by Gasteiger charge is 2.30. The lowest BCUT2D eigenvalue weighted by molar-refractivity contribution is -0.137. The minimum atomic E-state index is -4.41. The van der Waals surface area contributed by atoms with Crippen molar-refractivity contribution in [3.63, 3.8) is 0 Å². The fraction of sp³-hybridized carbons (Fsp3) is 0.200. The minimum absolute atomic E-state index is 0.204. The molecule has 0 fully saturated rings. The van der Waals surface area contributed by atoms with E-state index in [-0.39, 0.29) is 12.5 Å². The molecule has 0 aliphatic heterocycles. The van der Waals surface area contributed by atoms with Gasteiger partial charge in [-0.05, 0) is 43.2 Å². The summed E-state index contributed by atoms with van der Waals surface area (Å²) >= 11 is 0. The summed E-state index contributed by atoms with van der Waals surface area (Å²) in [5.74, 6) is 0.204. The van der Waals surface area contributed by atoms with E-state index < -0.39 is 11.7 Å². The van der Waals surface area contributed by atoms with Gasteiger partial charge < -0.3 is 4.74 Å². The Hall–Kier alpha value is -2.89. The van der Waals surface area contributed by atoms with Gasteiger partial charge in [0.25, 0.3) is 0 Å². The van der Waals surface area contributed by atoms with Crippen molar-refractivity contribution in [1.29, 1.82) is 0 Å². The summed E-state index contributed by atoms with van der Waals surface area (Å²) in [6.07, 6.45) is -4.41. The molecule has 2 aromatic carbocycles. The molecule has 1 heterocycles. The molecule has 3 nitrogen and oxygen atoms in total. The van der Waals surface area contributed by atoms with Crippen LogP contribution in [-0.4, -0.2) is 10.2 Å². The Labute approximate surface area is 149 Å². The van der Waals surface area contributed by atoms with Crippen LogP contribution in [0.15, 0.2) is 54.6 Å². The lowest BCUT2D eigenvalue weighted by atomic mass is 10.0. The van der Waals surface area contributed by atoms with E-state index in [1.807, 2.05) is 31.2 Å². The molecule has 0 amide bonds. The van der Waals surface area contributed by atoms with Crippen molar-refractivity contribution in [2.24, 2.45) is 0 Å². The van der Waals surface area contributed by atoms with Crippen molar-refractivity contribution < 1.29 is 17.9 Å². The highest BCUT2D eigenvalue weighted by molar-refractivity contribution is 5.69. The van der Waals surface area contributed by atoms with Gasteiger partial charge in [-0.1, -0.05) is 42.0 Å². The third-order valence-corrected chi connectivity index (χ3v) is 3.88. The van der Waals surface area contributed by atoms with Gasteiger partial charge in [0.15, 0.2) is 0 Å². The van der Waals surface area contributed by atoms with Gasteiger partial charge in [0.05, 0.1) is 11.3 Å². The topological polar surface area (TPSA) is 35.0 Å². The fourth-order valence-corrected chi connectivity index (χ4v) is 2.49. The predicted molar refractivity (Wildman–Crippen MR) is 92.7 cm³/mol. The zero-order valence-electron chi connectivity index (χ0n) is 14.3. The molecule has 0 saturated heterocycles. The van der Waals surface area contributed by atoms with E-state index in [4.69, 9.17) is 4.74 Å². The van der Waals surface area contributed by atoms with Gasteiger partial charge in [0, 0.05) is 5.56 Å². The maximum absolute atomic E-state index is 13.0. The molecule has 0 atom stereocenters. The minimum Gasteiger partial charge on any atom is -0.471 e. The number of halogens is 3. The van der Waals surface area contributed by atoms with E-state index in [1.165, 1.54) is 6.07 Å². The summed E-state index contributed by atoms with van der Waals surface area (Å²) in [7, 11) is 0. The van der Waals surface area contributed by atoms with Crippen LogP contribution in [0.25, 0.3) is 11.1 Å². The van der Waals surface area contributed by atoms with Gasteiger partial charge in [-0.15, -0.1) is 5.10 Å². The van der Waals surface area contributed by atoms with Crippen LogP contribution in [0.2, 0.25) is 0 Å². The van der Waals surface area contributed by atoms with Crippen LogP contribution in [0.4, 0.5) is 13.2 Å². The summed E-state index contributed by atoms with van der Waals surface area (Å²) in [5, 5.41) is 7.99. The summed E-state index contributed by atoms with van der Waals surface area (Å²) in [4.78, 5) is 0. The molecular weight excluding hydrogens is 341 g/mol. The van der Waals surface area contributed by atoms with Crippen molar-refractivity contribution in [1.82, 2.24) is 10.2 Å². The molecule has 0 spiro atoms. The normalized spacial score (nSPS) is 11.4. The Bertz CT molecular complexity index is 906. The van der Waals surface area contributed by atoms with Crippen molar-refractivity contribution in [2.75, 3.05) is 0 Å². The Morgan fingerprint density at radius 1 is 0.923 bits per heavy atom. The number of ether oxygens (including phenoxy) is 1. The first-order chi connectivity index (χ1) is 12.3. The average molecular weight is 358 g/mol. The van der Waals surface area contributed by atoms with Gasteiger partial charge in [0.2, 0.25) is 5.88 Å². The maximum Gasteiger partial charge on any atom is 0.416 e. The van der Waals surface area contributed by atoms with Gasteiger partial charge in [-0.2, -0.15) is 18.3 Å². The van der Waals surface area contributed by atoms with E-state index in [9.17, 15) is 13.2 Å². The number of hydrogen-bond acceptors (Lipinski definition) is 3. The van der Waals surface area contributed by atoms with Gasteiger partial charge >= 0.3 is 6.18 Å². The monoisotopic (exact) mass is 358 g/mol. The first-order valence-electron chi connectivity index (χ1n) is 8.03. The number of benzene rings is 2. The van der Waals surface area contributed by atoms with Gasteiger partial charge in [-0.25, -0.2) is 0 Å². The maximum atomic E-state index is 13.0. The molecule has 0 radical (unpaired) electrons. The molecule has 0 bridgehead atoms. The van der Waals surface area contributed by atoms with E-state index in [1.54, 1.807) is 19.1 Å². The van der Waals surface area contributed by atoms with Crippen LogP contribution in [0, 0.1) is 13.8 Å². The summed E-state index contributed by atoms with van der Waals surface area (Å²) in [6.45, 7) is 3.97. The number of aryl methyl sites for hydroxylation is 2. The Morgan fingerprint density at radius 2 is 1.65 bits per heavy atom.